The molecule has 2 aromatic heterocycles. The number of aryl methyl sites for hydroxylation is 1. The molecular formula is C18H18FN3O. The highest BCUT2D eigenvalue weighted by atomic mass is 19.1. The third-order valence-electron chi connectivity index (χ3n) is 3.90. The summed E-state index contributed by atoms with van der Waals surface area (Å²) < 4.78 is 19.8. The highest BCUT2D eigenvalue weighted by Gasteiger charge is 2.21. The molecule has 1 N–H and O–H groups in total. The standard InChI is InChI=1S/C18H18FN3O/c1-12-5-3-7-14(18(12)19)15(16-10-20-11-21-16)9-13-6-4-8-17(22-13)23-2/h3-8,10-11,15H,9H2,1-2H3,(H,20,21). The Morgan fingerprint density at radius 3 is 2.78 bits per heavy atom. The molecule has 118 valence electrons. The molecule has 5 heteroatoms. The maximum atomic E-state index is 14.6. The van der Waals surface area contributed by atoms with Gasteiger partial charge in [0.15, 0.2) is 0 Å². The van der Waals surface area contributed by atoms with Crippen molar-refractivity contribution < 1.29 is 9.13 Å². The third kappa shape index (κ3) is 3.23. The number of pyridine rings is 1. The van der Waals surface area contributed by atoms with E-state index in [1.165, 1.54) is 0 Å². The van der Waals surface area contributed by atoms with Crippen molar-refractivity contribution in [3.8, 4) is 5.88 Å². The molecule has 1 aromatic carbocycles. The van der Waals surface area contributed by atoms with E-state index in [1.807, 2.05) is 24.3 Å². The number of hydrogen-bond donors (Lipinski definition) is 1. The smallest absolute Gasteiger partial charge is 0.213 e. The fraction of sp³-hybridized carbons (Fsp3) is 0.222. The molecule has 0 saturated heterocycles. The second-order valence-electron chi connectivity index (χ2n) is 5.41. The normalized spacial score (nSPS) is 12.1. The van der Waals surface area contributed by atoms with Crippen molar-refractivity contribution in [2.24, 2.45) is 0 Å². The Bertz CT molecular complexity index is 787. The molecule has 0 fully saturated rings. The molecule has 0 bridgehead atoms. The summed E-state index contributed by atoms with van der Waals surface area (Å²) in [5.74, 6) is 0.183. The summed E-state index contributed by atoms with van der Waals surface area (Å²) in [6.07, 6.45) is 3.89. The predicted octanol–water partition coefficient (Wildman–Crippen LogP) is 3.64. The minimum Gasteiger partial charge on any atom is -0.481 e. The van der Waals surface area contributed by atoms with Crippen molar-refractivity contribution in [2.75, 3.05) is 7.11 Å². The Balaban J connectivity index is 2.01. The molecule has 0 saturated carbocycles. The maximum absolute atomic E-state index is 14.6. The first kappa shape index (κ1) is 15.2. The number of rotatable bonds is 5. The Labute approximate surface area is 134 Å². The van der Waals surface area contributed by atoms with Crippen molar-refractivity contribution >= 4 is 0 Å². The summed E-state index contributed by atoms with van der Waals surface area (Å²) in [5, 5.41) is 0. The molecule has 3 aromatic rings. The van der Waals surface area contributed by atoms with Crippen LogP contribution in [-0.4, -0.2) is 22.1 Å². The summed E-state index contributed by atoms with van der Waals surface area (Å²) in [5.41, 5.74) is 2.97. The predicted molar refractivity (Wildman–Crippen MR) is 86.1 cm³/mol. The Kier molecular flexibility index (Phi) is 4.37. The lowest BCUT2D eigenvalue weighted by Gasteiger charge is -2.17. The van der Waals surface area contributed by atoms with Crippen LogP contribution in [0.1, 0.15) is 28.4 Å². The molecule has 0 aliphatic rings. The molecule has 0 radical (unpaired) electrons. The summed E-state index contributed by atoms with van der Waals surface area (Å²) in [4.78, 5) is 11.6. The third-order valence-corrected chi connectivity index (χ3v) is 3.90. The van der Waals surface area contributed by atoms with E-state index in [2.05, 4.69) is 15.0 Å². The van der Waals surface area contributed by atoms with E-state index < -0.39 is 0 Å². The molecule has 1 atom stereocenters. The van der Waals surface area contributed by atoms with Gasteiger partial charge in [-0.2, -0.15) is 0 Å². The molecule has 4 nitrogen and oxygen atoms in total. The number of aromatic amines is 1. The van der Waals surface area contributed by atoms with Gasteiger partial charge in [-0.1, -0.05) is 24.3 Å². The summed E-state index contributed by atoms with van der Waals surface area (Å²) >= 11 is 0. The van der Waals surface area contributed by atoms with Crippen LogP contribution in [-0.2, 0) is 6.42 Å². The van der Waals surface area contributed by atoms with Crippen LogP contribution < -0.4 is 4.74 Å². The Morgan fingerprint density at radius 2 is 2.04 bits per heavy atom. The molecule has 0 spiro atoms. The summed E-state index contributed by atoms with van der Waals surface area (Å²) in [7, 11) is 1.58. The first-order chi connectivity index (χ1) is 11.2. The highest BCUT2D eigenvalue weighted by Crippen LogP contribution is 2.30. The van der Waals surface area contributed by atoms with Crippen molar-refractivity contribution in [1.82, 2.24) is 15.0 Å². The number of hydrogen-bond acceptors (Lipinski definition) is 3. The second-order valence-corrected chi connectivity index (χ2v) is 5.41. The fourth-order valence-corrected chi connectivity index (χ4v) is 2.68. The number of benzene rings is 1. The van der Waals surface area contributed by atoms with Gasteiger partial charge in [0.2, 0.25) is 5.88 Å². The lowest BCUT2D eigenvalue weighted by atomic mass is 9.90. The zero-order valence-corrected chi connectivity index (χ0v) is 13.1. The number of halogens is 1. The number of methoxy groups -OCH3 is 1. The van der Waals surface area contributed by atoms with Gasteiger partial charge in [-0.3, -0.25) is 0 Å². The van der Waals surface area contributed by atoms with Crippen LogP contribution in [0.25, 0.3) is 0 Å². The Hall–Kier alpha value is -2.69. The number of H-pyrrole nitrogens is 1. The number of imidazole rings is 1. The van der Waals surface area contributed by atoms with Crippen LogP contribution in [0.2, 0.25) is 0 Å². The number of nitrogens with one attached hydrogen (secondary N) is 1. The number of ether oxygens (including phenoxy) is 1. The molecular weight excluding hydrogens is 293 g/mol. The zero-order chi connectivity index (χ0) is 16.2. The van der Waals surface area contributed by atoms with Gasteiger partial charge in [-0.25, -0.2) is 14.4 Å². The van der Waals surface area contributed by atoms with E-state index in [4.69, 9.17) is 4.74 Å². The Morgan fingerprint density at radius 1 is 1.22 bits per heavy atom. The number of nitrogens with zero attached hydrogens (tertiary/aromatic N) is 2. The van der Waals surface area contributed by atoms with Gasteiger partial charge < -0.3 is 9.72 Å². The molecule has 2 heterocycles. The van der Waals surface area contributed by atoms with Crippen molar-refractivity contribution in [1.29, 1.82) is 0 Å². The van der Waals surface area contributed by atoms with Crippen molar-refractivity contribution in [2.45, 2.75) is 19.3 Å². The van der Waals surface area contributed by atoms with Gasteiger partial charge in [0, 0.05) is 36.0 Å². The SMILES string of the molecule is COc1cccc(CC(c2cnc[nH]2)c2cccc(C)c2F)n1. The monoisotopic (exact) mass is 311 g/mol. The summed E-state index contributed by atoms with van der Waals surface area (Å²) in [6.45, 7) is 1.77. The van der Waals surface area contributed by atoms with Gasteiger partial charge in [0.25, 0.3) is 0 Å². The van der Waals surface area contributed by atoms with E-state index in [-0.39, 0.29) is 11.7 Å². The topological polar surface area (TPSA) is 50.8 Å². The van der Waals surface area contributed by atoms with Crippen LogP contribution in [0.3, 0.4) is 0 Å². The maximum Gasteiger partial charge on any atom is 0.213 e. The average molecular weight is 311 g/mol. The molecule has 0 aliphatic carbocycles. The van der Waals surface area contributed by atoms with Crippen LogP contribution >= 0.6 is 0 Å². The molecule has 0 aliphatic heterocycles. The van der Waals surface area contributed by atoms with E-state index in [0.717, 1.165) is 11.4 Å². The first-order valence-corrected chi connectivity index (χ1v) is 7.42. The van der Waals surface area contributed by atoms with E-state index in [9.17, 15) is 4.39 Å². The van der Waals surface area contributed by atoms with Crippen LogP contribution in [0.4, 0.5) is 4.39 Å². The van der Waals surface area contributed by atoms with Crippen molar-refractivity contribution in [3.63, 3.8) is 0 Å². The van der Waals surface area contributed by atoms with Crippen LogP contribution in [0.5, 0.6) is 5.88 Å². The van der Waals surface area contributed by atoms with E-state index >= 15 is 0 Å². The van der Waals surface area contributed by atoms with Gasteiger partial charge in [-0.05, 0) is 24.1 Å². The van der Waals surface area contributed by atoms with Gasteiger partial charge >= 0.3 is 0 Å². The average Bonchev–Trinajstić information content (AvgIpc) is 3.10. The highest BCUT2D eigenvalue weighted by molar-refractivity contribution is 5.34. The summed E-state index contributed by atoms with van der Waals surface area (Å²) in [6, 6.07) is 11.1. The number of aromatic nitrogens is 3. The van der Waals surface area contributed by atoms with E-state index in [0.29, 0.717) is 23.4 Å². The van der Waals surface area contributed by atoms with Gasteiger partial charge in [0.1, 0.15) is 5.82 Å². The largest absolute Gasteiger partial charge is 0.481 e. The zero-order valence-electron chi connectivity index (χ0n) is 13.1. The second kappa shape index (κ2) is 6.60. The molecule has 23 heavy (non-hydrogen) atoms. The molecule has 1 unspecified atom stereocenters. The minimum absolute atomic E-state index is 0.183. The van der Waals surface area contributed by atoms with Gasteiger partial charge in [-0.15, -0.1) is 0 Å². The van der Waals surface area contributed by atoms with Crippen LogP contribution in [0, 0.1) is 12.7 Å². The van der Waals surface area contributed by atoms with Crippen LogP contribution in [0.15, 0.2) is 48.9 Å². The lowest BCUT2D eigenvalue weighted by molar-refractivity contribution is 0.396. The minimum atomic E-state index is -0.185. The van der Waals surface area contributed by atoms with Gasteiger partial charge in [0.05, 0.1) is 13.4 Å². The fourth-order valence-electron chi connectivity index (χ4n) is 2.68. The van der Waals surface area contributed by atoms with E-state index in [1.54, 1.807) is 38.7 Å². The van der Waals surface area contributed by atoms with Crippen molar-refractivity contribution in [3.05, 3.63) is 77.3 Å². The molecule has 3 rings (SSSR count). The quantitative estimate of drug-likeness (QED) is 0.782. The molecule has 0 amide bonds. The first-order valence-electron chi connectivity index (χ1n) is 7.42. The lowest BCUT2D eigenvalue weighted by Crippen LogP contribution is -2.10.